The molecule has 0 fully saturated rings. The molecule has 1 aliphatic heterocycles. The number of carboxylic acids is 1. The van der Waals surface area contributed by atoms with Gasteiger partial charge in [-0.05, 0) is 17.5 Å². The molecule has 1 atom stereocenters. The molecule has 2 rings (SSSR count). The van der Waals surface area contributed by atoms with E-state index in [9.17, 15) is 14.7 Å². The Labute approximate surface area is 123 Å². The molecule has 2 N–H and O–H groups in total. The maximum atomic E-state index is 12.2. The Kier molecular flexibility index (Phi) is 5.16. The van der Waals surface area contributed by atoms with Crippen molar-refractivity contribution in [3.05, 3.63) is 35.4 Å². The van der Waals surface area contributed by atoms with Crippen LogP contribution in [-0.4, -0.2) is 48.3 Å². The highest BCUT2D eigenvalue weighted by molar-refractivity contribution is 5.83. The first kappa shape index (κ1) is 15.3. The first-order chi connectivity index (χ1) is 10.1. The number of nitrogens with zero attached hydrogens (tertiary/aromatic N) is 1. The summed E-state index contributed by atoms with van der Waals surface area (Å²) in [4.78, 5) is 25.0. The predicted molar refractivity (Wildman–Crippen MR) is 77.0 cm³/mol. The highest BCUT2D eigenvalue weighted by atomic mass is 16.5. The van der Waals surface area contributed by atoms with Gasteiger partial charge in [0, 0.05) is 33.2 Å². The average molecular weight is 292 g/mol. The molecule has 0 radical (unpaired) electrons. The summed E-state index contributed by atoms with van der Waals surface area (Å²) in [5.41, 5.74) is 2.00. The zero-order chi connectivity index (χ0) is 15.2. The van der Waals surface area contributed by atoms with Crippen molar-refractivity contribution in [2.45, 2.75) is 25.4 Å². The summed E-state index contributed by atoms with van der Waals surface area (Å²) in [7, 11) is 1.60. The Bertz CT molecular complexity index is 518. The first-order valence-electron chi connectivity index (χ1n) is 6.96. The fourth-order valence-electron chi connectivity index (χ4n) is 2.47. The molecule has 0 aromatic heterocycles. The van der Waals surface area contributed by atoms with Crippen molar-refractivity contribution in [2.24, 2.45) is 0 Å². The standard InChI is InChI=1S/C15H20N2O4/c1-21-8-4-7-16-15(20)17-10-12-6-3-2-5-11(12)9-13(17)14(18)19/h2-3,5-6,13H,4,7-10H2,1H3,(H,16,20)(H,18,19)/t13-/m1/s1. The number of hydrogen-bond acceptors (Lipinski definition) is 3. The van der Waals surface area contributed by atoms with E-state index in [0.717, 1.165) is 11.1 Å². The van der Waals surface area contributed by atoms with Gasteiger partial charge in [0.1, 0.15) is 6.04 Å². The number of aliphatic carboxylic acids is 1. The topological polar surface area (TPSA) is 78.9 Å². The van der Waals surface area contributed by atoms with Crippen LogP contribution in [-0.2, 0) is 22.5 Å². The first-order valence-corrected chi connectivity index (χ1v) is 6.96. The molecule has 114 valence electrons. The van der Waals surface area contributed by atoms with Gasteiger partial charge in [0.15, 0.2) is 0 Å². The van der Waals surface area contributed by atoms with Gasteiger partial charge in [-0.3, -0.25) is 0 Å². The number of urea groups is 1. The molecule has 0 saturated heterocycles. The molecular formula is C15H20N2O4. The Balaban J connectivity index is 2.06. The number of fused-ring (bicyclic) bond motifs is 1. The molecule has 2 amide bonds. The molecule has 6 nitrogen and oxygen atoms in total. The minimum absolute atomic E-state index is 0.323. The monoisotopic (exact) mass is 292 g/mol. The van der Waals surface area contributed by atoms with E-state index in [1.807, 2.05) is 24.3 Å². The zero-order valence-electron chi connectivity index (χ0n) is 12.0. The van der Waals surface area contributed by atoms with Crippen LogP contribution in [0.1, 0.15) is 17.5 Å². The molecule has 0 spiro atoms. The number of methoxy groups -OCH3 is 1. The summed E-state index contributed by atoms with van der Waals surface area (Å²) in [6.45, 7) is 1.35. The van der Waals surface area contributed by atoms with E-state index in [1.165, 1.54) is 4.90 Å². The van der Waals surface area contributed by atoms with Gasteiger partial charge in [-0.25, -0.2) is 9.59 Å². The number of benzene rings is 1. The lowest BCUT2D eigenvalue weighted by molar-refractivity contribution is -0.142. The van der Waals surface area contributed by atoms with Crippen LogP contribution in [0.5, 0.6) is 0 Å². The molecule has 1 aromatic carbocycles. The van der Waals surface area contributed by atoms with Crippen molar-refractivity contribution >= 4 is 12.0 Å². The molecule has 1 aliphatic rings. The Morgan fingerprint density at radius 3 is 2.76 bits per heavy atom. The highest BCUT2D eigenvalue weighted by Gasteiger charge is 2.34. The molecular weight excluding hydrogens is 272 g/mol. The summed E-state index contributed by atoms with van der Waals surface area (Å²) in [6, 6.07) is 6.47. The Morgan fingerprint density at radius 2 is 2.10 bits per heavy atom. The molecule has 1 aromatic rings. The second kappa shape index (κ2) is 7.08. The normalized spacial score (nSPS) is 17.2. The van der Waals surface area contributed by atoms with E-state index in [0.29, 0.717) is 32.5 Å². The predicted octanol–water partition coefficient (Wildman–Crippen LogP) is 1.24. The van der Waals surface area contributed by atoms with Crippen molar-refractivity contribution < 1.29 is 19.4 Å². The molecule has 0 bridgehead atoms. The smallest absolute Gasteiger partial charge is 0.326 e. The number of nitrogens with one attached hydrogen (secondary N) is 1. The number of carboxylic acid groups (broad SMARTS) is 1. The van der Waals surface area contributed by atoms with Crippen molar-refractivity contribution in [3.63, 3.8) is 0 Å². The average Bonchev–Trinajstić information content (AvgIpc) is 2.50. The Hall–Kier alpha value is -2.08. The van der Waals surface area contributed by atoms with Crippen molar-refractivity contribution in [2.75, 3.05) is 20.3 Å². The van der Waals surface area contributed by atoms with Crippen LogP contribution in [0.3, 0.4) is 0 Å². The maximum absolute atomic E-state index is 12.2. The van der Waals surface area contributed by atoms with Gasteiger partial charge in [0.2, 0.25) is 0 Å². The third-order valence-corrected chi connectivity index (χ3v) is 3.60. The summed E-state index contributed by atoms with van der Waals surface area (Å²) < 4.78 is 4.92. The van der Waals surface area contributed by atoms with Gasteiger partial charge in [0.25, 0.3) is 0 Å². The molecule has 6 heteroatoms. The Morgan fingerprint density at radius 1 is 1.38 bits per heavy atom. The number of rotatable bonds is 5. The highest BCUT2D eigenvalue weighted by Crippen LogP contribution is 2.23. The van der Waals surface area contributed by atoms with E-state index in [4.69, 9.17) is 4.74 Å². The summed E-state index contributed by atoms with van der Waals surface area (Å²) in [5, 5.41) is 12.1. The van der Waals surface area contributed by atoms with Gasteiger partial charge in [0.05, 0.1) is 0 Å². The summed E-state index contributed by atoms with van der Waals surface area (Å²) in [5.74, 6) is -0.975. The summed E-state index contributed by atoms with van der Waals surface area (Å²) >= 11 is 0. The fraction of sp³-hybridized carbons (Fsp3) is 0.467. The van der Waals surface area contributed by atoms with Gasteiger partial charge < -0.3 is 20.1 Å². The second-order valence-corrected chi connectivity index (χ2v) is 5.03. The van der Waals surface area contributed by atoms with Crippen LogP contribution in [0.15, 0.2) is 24.3 Å². The van der Waals surface area contributed by atoms with E-state index in [2.05, 4.69) is 5.32 Å². The lowest BCUT2D eigenvalue weighted by atomic mass is 9.94. The number of carbonyl (C=O) groups is 2. The summed E-state index contributed by atoms with van der Waals surface area (Å²) in [6.07, 6.45) is 1.04. The van der Waals surface area contributed by atoms with E-state index in [1.54, 1.807) is 7.11 Å². The third-order valence-electron chi connectivity index (χ3n) is 3.60. The minimum atomic E-state index is -0.975. The number of carbonyl (C=O) groups excluding carboxylic acids is 1. The van der Waals surface area contributed by atoms with Crippen LogP contribution in [0, 0.1) is 0 Å². The van der Waals surface area contributed by atoms with Gasteiger partial charge in [-0.15, -0.1) is 0 Å². The van der Waals surface area contributed by atoms with Crippen LogP contribution >= 0.6 is 0 Å². The SMILES string of the molecule is COCCCNC(=O)N1Cc2ccccc2C[C@@H]1C(=O)O. The number of ether oxygens (including phenoxy) is 1. The van der Waals surface area contributed by atoms with Crippen molar-refractivity contribution in [1.82, 2.24) is 10.2 Å². The van der Waals surface area contributed by atoms with E-state index < -0.39 is 12.0 Å². The minimum Gasteiger partial charge on any atom is -0.480 e. The maximum Gasteiger partial charge on any atom is 0.326 e. The van der Waals surface area contributed by atoms with E-state index >= 15 is 0 Å². The largest absolute Gasteiger partial charge is 0.480 e. The van der Waals surface area contributed by atoms with Crippen molar-refractivity contribution in [3.8, 4) is 0 Å². The zero-order valence-corrected chi connectivity index (χ0v) is 12.0. The van der Waals surface area contributed by atoms with Crippen LogP contribution in [0.25, 0.3) is 0 Å². The number of hydrogen-bond donors (Lipinski definition) is 2. The van der Waals surface area contributed by atoms with Crippen molar-refractivity contribution in [1.29, 1.82) is 0 Å². The van der Waals surface area contributed by atoms with Gasteiger partial charge in [-0.2, -0.15) is 0 Å². The fourth-order valence-corrected chi connectivity index (χ4v) is 2.47. The van der Waals surface area contributed by atoms with Crippen LogP contribution in [0.4, 0.5) is 4.79 Å². The molecule has 0 saturated carbocycles. The third kappa shape index (κ3) is 3.72. The van der Waals surface area contributed by atoms with Crippen LogP contribution < -0.4 is 5.32 Å². The molecule has 1 heterocycles. The lowest BCUT2D eigenvalue weighted by Crippen LogP contribution is -2.52. The van der Waals surface area contributed by atoms with Gasteiger partial charge in [-0.1, -0.05) is 24.3 Å². The molecule has 0 aliphatic carbocycles. The number of amides is 2. The second-order valence-electron chi connectivity index (χ2n) is 5.03. The quantitative estimate of drug-likeness (QED) is 0.800. The van der Waals surface area contributed by atoms with Crippen LogP contribution in [0.2, 0.25) is 0 Å². The van der Waals surface area contributed by atoms with Gasteiger partial charge >= 0.3 is 12.0 Å². The lowest BCUT2D eigenvalue weighted by Gasteiger charge is -2.34. The van der Waals surface area contributed by atoms with E-state index in [-0.39, 0.29) is 6.03 Å². The molecule has 0 unspecified atom stereocenters. The molecule has 21 heavy (non-hydrogen) atoms.